The fourth-order valence-electron chi connectivity index (χ4n) is 0.766. The average Bonchev–Trinajstić information content (AvgIpc) is 1.69. The molecule has 1 heterocycles. The molecule has 8 heavy (non-hydrogen) atoms. The van der Waals surface area contributed by atoms with Crippen molar-refractivity contribution < 1.29 is 26.1 Å². The van der Waals surface area contributed by atoms with Crippen LogP contribution in [0.25, 0.3) is 0 Å². The topological polar surface area (TPSA) is 35.2 Å². The van der Waals surface area contributed by atoms with Crippen LogP contribution >= 0.6 is 0 Å². The van der Waals surface area contributed by atoms with Crippen molar-refractivity contribution in [3.63, 3.8) is 0 Å². The van der Waals surface area contributed by atoms with Crippen LogP contribution in [-0.2, 0) is 26.1 Å². The van der Waals surface area contributed by atoms with Crippen molar-refractivity contribution in [1.82, 2.24) is 0 Å². The Morgan fingerprint density at radius 2 is 2.12 bits per heavy atom. The number of hydrogen-bond donors (Lipinski definition) is 1. The zero-order valence-electron chi connectivity index (χ0n) is 4.89. The van der Waals surface area contributed by atoms with E-state index >= 15 is 0 Å². The Morgan fingerprint density at radius 3 is 2.38 bits per heavy atom. The molecule has 2 nitrogen and oxygen atoms in total. The third-order valence-corrected chi connectivity index (χ3v) is 2.86. The molecule has 1 aliphatic rings. The van der Waals surface area contributed by atoms with Crippen LogP contribution in [0.3, 0.4) is 0 Å². The summed E-state index contributed by atoms with van der Waals surface area (Å²) < 4.78 is 5.19. The SMILES string of the molecule is N[SiH]1CCCCO1.[Ti]. The maximum atomic E-state index is 5.55. The summed E-state index contributed by atoms with van der Waals surface area (Å²) in [5, 5.41) is 5.55. The van der Waals surface area contributed by atoms with Crippen LogP contribution in [0, 0.1) is 0 Å². The van der Waals surface area contributed by atoms with E-state index in [1.54, 1.807) is 0 Å². The molecule has 1 rings (SSSR count). The molecule has 0 amide bonds. The van der Waals surface area contributed by atoms with Gasteiger partial charge in [-0.2, -0.15) is 0 Å². The van der Waals surface area contributed by atoms with Crippen molar-refractivity contribution in [1.29, 1.82) is 0 Å². The van der Waals surface area contributed by atoms with E-state index < -0.39 is 9.20 Å². The zero-order valence-corrected chi connectivity index (χ0v) is 7.61. The molecule has 1 unspecified atom stereocenters. The summed E-state index contributed by atoms with van der Waals surface area (Å²) in [5.74, 6) is 0. The van der Waals surface area contributed by atoms with Crippen molar-refractivity contribution in [2.75, 3.05) is 6.61 Å². The van der Waals surface area contributed by atoms with Crippen molar-refractivity contribution >= 4 is 9.20 Å². The summed E-state index contributed by atoms with van der Waals surface area (Å²) in [5.41, 5.74) is 0. The monoisotopic (exact) mass is 165 g/mol. The Balaban J connectivity index is 0.000000490. The summed E-state index contributed by atoms with van der Waals surface area (Å²) in [7, 11) is -1.09. The van der Waals surface area contributed by atoms with Gasteiger partial charge in [0, 0.05) is 28.3 Å². The second-order valence-electron chi connectivity index (χ2n) is 1.91. The molecule has 0 bridgehead atoms. The third kappa shape index (κ3) is 2.99. The minimum Gasteiger partial charge on any atom is -0.406 e. The molecule has 0 radical (unpaired) electrons. The normalized spacial score (nSPS) is 28.9. The summed E-state index contributed by atoms with van der Waals surface area (Å²) in [6.07, 6.45) is 2.52. The van der Waals surface area contributed by atoms with Gasteiger partial charge in [-0.05, 0) is 12.5 Å². The van der Waals surface area contributed by atoms with Crippen LogP contribution in [0.5, 0.6) is 0 Å². The van der Waals surface area contributed by atoms with Crippen LogP contribution in [-0.4, -0.2) is 15.8 Å². The van der Waals surface area contributed by atoms with Gasteiger partial charge in [0.2, 0.25) is 9.20 Å². The van der Waals surface area contributed by atoms with E-state index in [-0.39, 0.29) is 21.7 Å². The standard InChI is InChI=1S/C4H11NOSi.Ti/c5-7-4-2-1-3-6-7;/h7H,1-5H2;. The van der Waals surface area contributed by atoms with Gasteiger partial charge in [-0.25, -0.2) is 0 Å². The van der Waals surface area contributed by atoms with Crippen molar-refractivity contribution in [3.8, 4) is 0 Å². The molecular weight excluding hydrogens is 154 g/mol. The summed E-state index contributed by atoms with van der Waals surface area (Å²) >= 11 is 0. The Labute approximate surface area is 66.5 Å². The predicted molar refractivity (Wildman–Crippen MR) is 31.3 cm³/mol. The van der Waals surface area contributed by atoms with E-state index in [0.29, 0.717) is 0 Å². The first-order chi connectivity index (χ1) is 3.39. The Kier molecular flexibility index (Phi) is 5.20. The van der Waals surface area contributed by atoms with Crippen molar-refractivity contribution in [2.45, 2.75) is 18.9 Å². The van der Waals surface area contributed by atoms with Gasteiger partial charge in [-0.15, -0.1) is 0 Å². The molecule has 2 N–H and O–H groups in total. The van der Waals surface area contributed by atoms with E-state index in [9.17, 15) is 0 Å². The fourth-order valence-corrected chi connectivity index (χ4v) is 2.09. The molecule has 0 aromatic carbocycles. The first kappa shape index (κ1) is 8.85. The van der Waals surface area contributed by atoms with Crippen LogP contribution in [0.4, 0.5) is 0 Å². The van der Waals surface area contributed by atoms with E-state index in [4.69, 9.17) is 9.83 Å². The van der Waals surface area contributed by atoms with Gasteiger partial charge in [0.25, 0.3) is 0 Å². The first-order valence-electron chi connectivity index (χ1n) is 2.77. The zero-order chi connectivity index (χ0) is 5.11. The molecule has 0 saturated carbocycles. The molecular formula is C4H11NOSiTi. The number of rotatable bonds is 0. The van der Waals surface area contributed by atoms with Crippen LogP contribution in [0.15, 0.2) is 0 Å². The smallest absolute Gasteiger partial charge is 0.249 e. The third-order valence-electron chi connectivity index (χ3n) is 1.21. The molecule has 0 aliphatic carbocycles. The van der Waals surface area contributed by atoms with Gasteiger partial charge in [0.05, 0.1) is 0 Å². The minimum absolute atomic E-state index is 0. The molecule has 1 saturated heterocycles. The van der Waals surface area contributed by atoms with Gasteiger partial charge in [0.1, 0.15) is 0 Å². The second kappa shape index (κ2) is 4.70. The maximum Gasteiger partial charge on any atom is 0.249 e. The van der Waals surface area contributed by atoms with Gasteiger partial charge >= 0.3 is 0 Å². The average molecular weight is 165 g/mol. The molecule has 1 aliphatic heterocycles. The van der Waals surface area contributed by atoms with Crippen molar-refractivity contribution in [3.05, 3.63) is 0 Å². The quantitative estimate of drug-likeness (QED) is 0.512. The summed E-state index contributed by atoms with van der Waals surface area (Å²) in [4.78, 5) is 0. The summed E-state index contributed by atoms with van der Waals surface area (Å²) in [6.45, 7) is 0.924. The second-order valence-corrected chi connectivity index (χ2v) is 3.89. The van der Waals surface area contributed by atoms with Gasteiger partial charge < -0.3 is 9.83 Å². The molecule has 0 spiro atoms. The Hall–Kier alpha value is 0.851. The Bertz CT molecular complexity index is 58.0. The van der Waals surface area contributed by atoms with E-state index in [2.05, 4.69) is 0 Å². The largest absolute Gasteiger partial charge is 0.406 e. The van der Waals surface area contributed by atoms with Gasteiger partial charge in [0.15, 0.2) is 0 Å². The van der Waals surface area contributed by atoms with Crippen LogP contribution in [0.1, 0.15) is 12.8 Å². The van der Waals surface area contributed by atoms with Crippen molar-refractivity contribution in [2.24, 2.45) is 5.40 Å². The molecule has 0 aromatic heterocycles. The fraction of sp³-hybridized carbons (Fsp3) is 1.00. The molecule has 1 atom stereocenters. The van der Waals surface area contributed by atoms with E-state index in [0.717, 1.165) is 6.61 Å². The maximum absolute atomic E-state index is 5.55. The molecule has 46 valence electrons. The Morgan fingerprint density at radius 1 is 1.38 bits per heavy atom. The van der Waals surface area contributed by atoms with Gasteiger partial charge in [-0.1, -0.05) is 6.42 Å². The van der Waals surface area contributed by atoms with Gasteiger partial charge in [-0.3, -0.25) is 0 Å². The van der Waals surface area contributed by atoms with E-state index in [1.165, 1.54) is 18.9 Å². The van der Waals surface area contributed by atoms with Crippen LogP contribution < -0.4 is 5.40 Å². The summed E-state index contributed by atoms with van der Waals surface area (Å²) in [6, 6.07) is 1.18. The predicted octanol–water partition coefficient (Wildman–Crippen LogP) is -0.0265. The minimum atomic E-state index is -1.09. The molecule has 1 fully saturated rings. The number of nitrogens with two attached hydrogens (primary N) is 1. The number of hydrogen-bond acceptors (Lipinski definition) is 2. The molecule has 4 heteroatoms. The van der Waals surface area contributed by atoms with E-state index in [1.807, 2.05) is 0 Å². The molecule has 0 aromatic rings. The first-order valence-corrected chi connectivity index (χ1v) is 4.72. The van der Waals surface area contributed by atoms with Crippen LogP contribution in [0.2, 0.25) is 6.04 Å².